The summed E-state index contributed by atoms with van der Waals surface area (Å²) in [6.45, 7) is 0. The third kappa shape index (κ3) is 4.57. The van der Waals surface area contributed by atoms with Crippen molar-refractivity contribution in [3.63, 3.8) is 0 Å². The Balaban J connectivity index is 1.19. The SMILES string of the molecule is c1cc(-c2cccc3ccccc23)cc(N(c2ccc(-c3cccc4oc5ccccc5c34)cc2)c2cc3ccccc3c3ccccc23)c1. The number of rotatable bonds is 5. The van der Waals surface area contributed by atoms with Gasteiger partial charge in [-0.15, -0.1) is 0 Å². The number of benzene rings is 9. The molecule has 0 fully saturated rings. The largest absolute Gasteiger partial charge is 0.456 e. The fraction of sp³-hybridized carbons (Fsp3) is 0. The van der Waals surface area contributed by atoms with Crippen molar-refractivity contribution in [1.82, 2.24) is 0 Å². The summed E-state index contributed by atoms with van der Waals surface area (Å²) in [4.78, 5) is 2.42. The van der Waals surface area contributed by atoms with Gasteiger partial charge < -0.3 is 9.32 Å². The Hall–Kier alpha value is -6.64. The third-order valence-electron chi connectivity index (χ3n) is 10.0. The fourth-order valence-corrected chi connectivity index (χ4v) is 7.74. The van der Waals surface area contributed by atoms with Crippen LogP contribution in [0.4, 0.5) is 17.1 Å². The Labute approximate surface area is 290 Å². The highest BCUT2D eigenvalue weighted by Gasteiger charge is 2.19. The lowest BCUT2D eigenvalue weighted by molar-refractivity contribution is 0.669. The molecule has 234 valence electrons. The molecule has 1 heterocycles. The molecule has 0 unspecified atom stereocenters. The van der Waals surface area contributed by atoms with Crippen molar-refractivity contribution < 1.29 is 4.42 Å². The maximum absolute atomic E-state index is 6.23. The van der Waals surface area contributed by atoms with Gasteiger partial charge in [0.15, 0.2) is 0 Å². The molecule has 0 aliphatic carbocycles. The van der Waals surface area contributed by atoms with Crippen LogP contribution in [0.2, 0.25) is 0 Å². The van der Waals surface area contributed by atoms with Crippen LogP contribution in [-0.2, 0) is 0 Å². The van der Waals surface area contributed by atoms with Crippen LogP contribution in [0.5, 0.6) is 0 Å². The summed E-state index contributed by atoms with van der Waals surface area (Å²) in [6, 6.07) is 67.6. The number of hydrogen-bond donors (Lipinski definition) is 0. The fourth-order valence-electron chi connectivity index (χ4n) is 7.74. The number of fused-ring (bicyclic) bond motifs is 7. The zero-order valence-corrected chi connectivity index (χ0v) is 27.3. The normalized spacial score (nSPS) is 11.6. The number of furan rings is 1. The molecule has 50 heavy (non-hydrogen) atoms. The second-order valence-electron chi connectivity index (χ2n) is 12.9. The second kappa shape index (κ2) is 11.5. The first kappa shape index (κ1) is 28.4. The second-order valence-corrected chi connectivity index (χ2v) is 12.9. The van der Waals surface area contributed by atoms with Gasteiger partial charge in [0, 0.05) is 27.5 Å². The third-order valence-corrected chi connectivity index (χ3v) is 10.0. The van der Waals surface area contributed by atoms with Crippen LogP contribution >= 0.6 is 0 Å². The minimum absolute atomic E-state index is 0.905. The quantitative estimate of drug-likeness (QED) is 0.175. The summed E-state index contributed by atoms with van der Waals surface area (Å²) >= 11 is 0. The minimum atomic E-state index is 0.905. The van der Waals surface area contributed by atoms with E-state index in [-0.39, 0.29) is 0 Å². The van der Waals surface area contributed by atoms with Gasteiger partial charge in [-0.2, -0.15) is 0 Å². The van der Waals surface area contributed by atoms with Crippen LogP contribution in [0.15, 0.2) is 192 Å². The van der Waals surface area contributed by atoms with Gasteiger partial charge in [0.25, 0.3) is 0 Å². The van der Waals surface area contributed by atoms with Crippen molar-refractivity contribution in [1.29, 1.82) is 0 Å². The molecule has 10 rings (SSSR count). The molecule has 0 N–H and O–H groups in total. The number of anilines is 3. The first-order valence-electron chi connectivity index (χ1n) is 17.1. The maximum atomic E-state index is 6.23. The highest BCUT2D eigenvalue weighted by Crippen LogP contribution is 2.44. The molecule has 2 heteroatoms. The molecule has 2 nitrogen and oxygen atoms in total. The Morgan fingerprint density at radius 2 is 0.960 bits per heavy atom. The maximum Gasteiger partial charge on any atom is 0.136 e. The molecule has 0 radical (unpaired) electrons. The number of hydrogen-bond acceptors (Lipinski definition) is 2. The zero-order valence-electron chi connectivity index (χ0n) is 27.3. The number of nitrogens with zero attached hydrogens (tertiary/aromatic N) is 1. The van der Waals surface area contributed by atoms with Crippen LogP contribution in [0.3, 0.4) is 0 Å². The van der Waals surface area contributed by atoms with Gasteiger partial charge in [-0.1, -0.05) is 146 Å². The molecule has 0 aliphatic heterocycles. The molecule has 0 saturated carbocycles. The molecule has 10 aromatic rings. The van der Waals surface area contributed by atoms with Crippen LogP contribution in [0.1, 0.15) is 0 Å². The van der Waals surface area contributed by atoms with Crippen molar-refractivity contribution in [2.45, 2.75) is 0 Å². The van der Waals surface area contributed by atoms with Gasteiger partial charge in [0.1, 0.15) is 11.2 Å². The first-order valence-corrected chi connectivity index (χ1v) is 17.1. The molecule has 0 amide bonds. The highest BCUT2D eigenvalue weighted by atomic mass is 16.3. The lowest BCUT2D eigenvalue weighted by Crippen LogP contribution is -2.11. The van der Waals surface area contributed by atoms with Crippen LogP contribution < -0.4 is 4.90 Å². The summed E-state index contributed by atoms with van der Waals surface area (Å²) in [6.07, 6.45) is 0. The summed E-state index contributed by atoms with van der Waals surface area (Å²) < 4.78 is 6.23. The lowest BCUT2D eigenvalue weighted by Gasteiger charge is -2.28. The van der Waals surface area contributed by atoms with E-state index in [1.165, 1.54) is 49.0 Å². The average molecular weight is 638 g/mol. The summed E-state index contributed by atoms with van der Waals surface area (Å²) in [5, 5.41) is 9.70. The van der Waals surface area contributed by atoms with Gasteiger partial charge in [-0.3, -0.25) is 0 Å². The zero-order chi connectivity index (χ0) is 33.0. The molecule has 0 aliphatic rings. The molecular weight excluding hydrogens is 607 g/mol. The Morgan fingerprint density at radius 3 is 1.82 bits per heavy atom. The van der Waals surface area contributed by atoms with Crippen LogP contribution in [0.25, 0.3) is 76.5 Å². The summed E-state index contributed by atoms with van der Waals surface area (Å²) in [5.74, 6) is 0. The predicted molar refractivity (Wildman–Crippen MR) is 212 cm³/mol. The standard InChI is InChI=1S/C48H31NO/c1-3-17-38-32(12-1)14-10-22-39(38)34-15-9-16-37(30-34)49(45-31-35-13-2-4-18-40(35)42-19-5-6-20-43(42)45)36-28-26-33(27-29-36)41-23-11-25-47-48(41)44-21-7-8-24-46(44)50-47/h1-31H. The van der Waals surface area contributed by atoms with E-state index < -0.39 is 0 Å². The molecule has 1 aromatic heterocycles. The molecule has 9 aromatic carbocycles. The Bertz CT molecular complexity index is 2870. The van der Waals surface area contributed by atoms with E-state index >= 15 is 0 Å². The first-order chi connectivity index (χ1) is 24.8. The van der Waals surface area contributed by atoms with Crippen molar-refractivity contribution in [3.8, 4) is 22.3 Å². The monoisotopic (exact) mass is 637 g/mol. The van der Waals surface area contributed by atoms with E-state index in [1.54, 1.807) is 0 Å². The van der Waals surface area contributed by atoms with Gasteiger partial charge >= 0.3 is 0 Å². The number of para-hydroxylation sites is 1. The molecule has 0 bridgehead atoms. The van der Waals surface area contributed by atoms with Crippen LogP contribution in [-0.4, -0.2) is 0 Å². The van der Waals surface area contributed by atoms with Crippen molar-refractivity contribution >= 4 is 71.3 Å². The molecule has 0 spiro atoms. The van der Waals surface area contributed by atoms with Crippen molar-refractivity contribution in [3.05, 3.63) is 188 Å². The predicted octanol–water partition coefficient (Wildman–Crippen LogP) is 13.8. The molecular formula is C48H31NO. The van der Waals surface area contributed by atoms with Gasteiger partial charge in [-0.05, 0) is 91.6 Å². The molecule has 0 atom stereocenters. The Morgan fingerprint density at radius 1 is 0.340 bits per heavy atom. The van der Waals surface area contributed by atoms with E-state index in [4.69, 9.17) is 4.42 Å². The van der Waals surface area contributed by atoms with E-state index in [9.17, 15) is 0 Å². The van der Waals surface area contributed by atoms with Gasteiger partial charge in [0.2, 0.25) is 0 Å². The smallest absolute Gasteiger partial charge is 0.136 e. The average Bonchev–Trinajstić information content (AvgIpc) is 3.57. The van der Waals surface area contributed by atoms with Crippen molar-refractivity contribution in [2.24, 2.45) is 0 Å². The van der Waals surface area contributed by atoms with E-state index in [1.807, 2.05) is 12.1 Å². The molecule has 0 saturated heterocycles. The van der Waals surface area contributed by atoms with Crippen LogP contribution in [0, 0.1) is 0 Å². The van der Waals surface area contributed by atoms with E-state index in [0.717, 1.165) is 44.6 Å². The summed E-state index contributed by atoms with van der Waals surface area (Å²) in [7, 11) is 0. The lowest BCUT2D eigenvalue weighted by atomic mass is 9.96. The van der Waals surface area contributed by atoms with E-state index in [2.05, 4.69) is 181 Å². The van der Waals surface area contributed by atoms with Crippen molar-refractivity contribution in [2.75, 3.05) is 4.90 Å². The van der Waals surface area contributed by atoms with E-state index in [0.29, 0.717) is 0 Å². The minimum Gasteiger partial charge on any atom is -0.456 e. The Kier molecular flexibility index (Phi) is 6.53. The summed E-state index contributed by atoms with van der Waals surface area (Å²) in [5.41, 5.74) is 9.88. The van der Waals surface area contributed by atoms with Gasteiger partial charge in [-0.25, -0.2) is 0 Å². The highest BCUT2D eigenvalue weighted by molar-refractivity contribution is 6.15. The van der Waals surface area contributed by atoms with Gasteiger partial charge in [0.05, 0.1) is 5.69 Å². The topological polar surface area (TPSA) is 16.4 Å².